The summed E-state index contributed by atoms with van der Waals surface area (Å²) in [6.07, 6.45) is 2.62. The molecule has 0 aliphatic carbocycles. The molecule has 2 heterocycles. The molecule has 0 spiro atoms. The fourth-order valence-corrected chi connectivity index (χ4v) is 2.63. The first-order chi connectivity index (χ1) is 12.9. The number of hydrogen-bond donors (Lipinski definition) is 3. The maximum absolute atomic E-state index is 13.8. The van der Waals surface area contributed by atoms with Crippen LogP contribution in [0, 0.1) is 5.82 Å². The second kappa shape index (κ2) is 7.58. The topological polar surface area (TPSA) is 115 Å². The molecule has 0 amide bonds. The van der Waals surface area contributed by atoms with Gasteiger partial charge in [0.1, 0.15) is 29.1 Å². The van der Waals surface area contributed by atoms with Gasteiger partial charge in [-0.3, -0.25) is 0 Å². The van der Waals surface area contributed by atoms with E-state index < -0.39 is 11.8 Å². The van der Waals surface area contributed by atoms with E-state index in [2.05, 4.69) is 15.4 Å². The lowest BCUT2D eigenvalue weighted by molar-refractivity contribution is 0.0698. The van der Waals surface area contributed by atoms with Crippen molar-refractivity contribution in [2.75, 3.05) is 11.9 Å². The average molecular weight is 373 g/mol. The quantitative estimate of drug-likeness (QED) is 0.583. The molecular formula is C18H20FN5O3. The summed E-state index contributed by atoms with van der Waals surface area (Å²) in [4.78, 5) is 15.6. The zero-order valence-electron chi connectivity index (χ0n) is 14.9. The van der Waals surface area contributed by atoms with E-state index >= 15 is 0 Å². The van der Waals surface area contributed by atoms with Crippen LogP contribution in [0.1, 0.15) is 35.8 Å². The number of fused-ring (bicyclic) bond motifs is 1. The number of nitrogens with zero attached hydrogens (tertiary/aromatic N) is 3. The predicted octanol–water partition coefficient (Wildman–Crippen LogP) is 2.47. The lowest BCUT2D eigenvalue weighted by Crippen LogP contribution is -2.24. The number of aromatic nitrogens is 3. The maximum atomic E-state index is 13.8. The molecule has 0 saturated carbocycles. The maximum Gasteiger partial charge on any atom is 0.341 e. The average Bonchev–Trinajstić information content (AvgIpc) is 3.06. The van der Waals surface area contributed by atoms with Gasteiger partial charge in [0.25, 0.3) is 0 Å². The van der Waals surface area contributed by atoms with Crippen LogP contribution in [0.2, 0.25) is 0 Å². The largest absolute Gasteiger partial charge is 0.489 e. The molecule has 9 heteroatoms. The van der Waals surface area contributed by atoms with Gasteiger partial charge in [0.15, 0.2) is 5.65 Å². The summed E-state index contributed by atoms with van der Waals surface area (Å²) in [5.41, 5.74) is 6.41. The zero-order valence-corrected chi connectivity index (χ0v) is 14.9. The molecule has 0 bridgehead atoms. The van der Waals surface area contributed by atoms with Gasteiger partial charge in [0, 0.05) is 18.3 Å². The molecule has 27 heavy (non-hydrogen) atoms. The Balaban J connectivity index is 1.90. The van der Waals surface area contributed by atoms with Crippen molar-refractivity contribution in [1.82, 2.24) is 14.6 Å². The molecule has 0 saturated heterocycles. The number of hydrogen-bond acceptors (Lipinski definition) is 6. The molecule has 2 aromatic heterocycles. The number of nitrogens with one attached hydrogen (secondary N) is 1. The number of carboxylic acid groups (broad SMARTS) is 1. The highest BCUT2D eigenvalue weighted by molar-refractivity contribution is 5.94. The first-order valence-corrected chi connectivity index (χ1v) is 8.39. The Bertz CT molecular complexity index is 975. The monoisotopic (exact) mass is 373 g/mol. The lowest BCUT2D eigenvalue weighted by Gasteiger charge is -2.21. The molecule has 4 N–H and O–H groups in total. The van der Waals surface area contributed by atoms with Gasteiger partial charge in [-0.25, -0.2) is 18.7 Å². The minimum atomic E-state index is -1.11. The molecule has 8 nitrogen and oxygen atoms in total. The minimum absolute atomic E-state index is 0.00199. The summed E-state index contributed by atoms with van der Waals surface area (Å²) in [7, 11) is 0. The van der Waals surface area contributed by atoms with Crippen molar-refractivity contribution in [2.45, 2.75) is 26.0 Å². The molecule has 3 rings (SSSR count). The summed E-state index contributed by atoms with van der Waals surface area (Å²) < 4.78 is 20.9. The van der Waals surface area contributed by atoms with Gasteiger partial charge in [0.05, 0.1) is 12.2 Å². The van der Waals surface area contributed by atoms with Crippen LogP contribution in [-0.4, -0.2) is 38.3 Å². The third-order valence-electron chi connectivity index (χ3n) is 4.06. The molecule has 0 unspecified atom stereocenters. The summed E-state index contributed by atoms with van der Waals surface area (Å²) in [5, 5.41) is 16.3. The Labute approximate surface area is 154 Å². The van der Waals surface area contributed by atoms with Gasteiger partial charge in [-0.05, 0) is 38.1 Å². The number of anilines is 1. The summed E-state index contributed by atoms with van der Waals surface area (Å²) in [6, 6.07) is 5.57. The van der Waals surface area contributed by atoms with Gasteiger partial charge in [-0.1, -0.05) is 0 Å². The Morgan fingerprint density at radius 1 is 1.41 bits per heavy atom. The fourth-order valence-electron chi connectivity index (χ4n) is 2.63. The Morgan fingerprint density at radius 3 is 2.89 bits per heavy atom. The number of rotatable bonds is 7. The first-order valence-electron chi connectivity index (χ1n) is 8.39. The van der Waals surface area contributed by atoms with E-state index in [1.165, 1.54) is 22.8 Å². The van der Waals surface area contributed by atoms with Crippen LogP contribution in [-0.2, 0) is 0 Å². The lowest BCUT2D eigenvalue weighted by atomic mass is 10.1. The third kappa shape index (κ3) is 3.98. The number of nitrogens with two attached hydrogens (primary N) is 1. The first kappa shape index (κ1) is 18.6. The SMILES string of the molecule is C[C@@H](CN)Oc1ccc(F)cc1[C@@H](C)Nc1ccn2ncc(C(=O)O)c2n1. The van der Waals surface area contributed by atoms with Gasteiger partial charge < -0.3 is 20.9 Å². The number of benzene rings is 1. The zero-order chi connectivity index (χ0) is 19.6. The van der Waals surface area contributed by atoms with Crippen LogP contribution in [0.5, 0.6) is 5.75 Å². The number of halogens is 1. The van der Waals surface area contributed by atoms with Gasteiger partial charge >= 0.3 is 5.97 Å². The Hall–Kier alpha value is -3.20. The van der Waals surface area contributed by atoms with Crippen molar-refractivity contribution in [1.29, 1.82) is 0 Å². The van der Waals surface area contributed by atoms with Crippen molar-refractivity contribution >= 4 is 17.4 Å². The summed E-state index contributed by atoms with van der Waals surface area (Å²) in [5.74, 6) is -0.552. The second-order valence-corrected chi connectivity index (χ2v) is 6.16. The van der Waals surface area contributed by atoms with Crippen LogP contribution in [0.25, 0.3) is 5.65 Å². The van der Waals surface area contributed by atoms with E-state index in [0.717, 1.165) is 0 Å². The highest BCUT2D eigenvalue weighted by atomic mass is 19.1. The summed E-state index contributed by atoms with van der Waals surface area (Å²) in [6.45, 7) is 3.99. The van der Waals surface area contributed by atoms with E-state index in [-0.39, 0.29) is 23.4 Å². The molecule has 142 valence electrons. The van der Waals surface area contributed by atoms with E-state index in [1.54, 1.807) is 18.3 Å². The van der Waals surface area contributed by atoms with Gasteiger partial charge in [-0.2, -0.15) is 5.10 Å². The predicted molar refractivity (Wildman–Crippen MR) is 97.5 cm³/mol. The van der Waals surface area contributed by atoms with Crippen LogP contribution in [0.3, 0.4) is 0 Å². The van der Waals surface area contributed by atoms with Crippen LogP contribution in [0.4, 0.5) is 10.2 Å². The molecular weight excluding hydrogens is 353 g/mol. The van der Waals surface area contributed by atoms with Crippen molar-refractivity contribution in [2.24, 2.45) is 5.73 Å². The van der Waals surface area contributed by atoms with E-state index in [9.17, 15) is 14.3 Å². The molecule has 3 aromatic rings. The second-order valence-electron chi connectivity index (χ2n) is 6.16. The molecule has 2 atom stereocenters. The van der Waals surface area contributed by atoms with Gasteiger partial charge in [0.2, 0.25) is 0 Å². The number of ether oxygens (including phenoxy) is 1. The number of carbonyl (C=O) groups is 1. The van der Waals surface area contributed by atoms with E-state index in [0.29, 0.717) is 23.7 Å². The summed E-state index contributed by atoms with van der Waals surface area (Å²) >= 11 is 0. The molecule has 0 aliphatic rings. The highest BCUT2D eigenvalue weighted by Gasteiger charge is 2.17. The minimum Gasteiger partial charge on any atom is -0.489 e. The Morgan fingerprint density at radius 2 is 2.19 bits per heavy atom. The van der Waals surface area contributed by atoms with Crippen molar-refractivity contribution < 1.29 is 19.0 Å². The van der Waals surface area contributed by atoms with Crippen LogP contribution < -0.4 is 15.8 Å². The molecule has 1 aromatic carbocycles. The smallest absolute Gasteiger partial charge is 0.341 e. The Kier molecular flexibility index (Phi) is 5.22. The number of aromatic carboxylic acids is 1. The normalized spacial score (nSPS) is 13.3. The highest BCUT2D eigenvalue weighted by Crippen LogP contribution is 2.29. The van der Waals surface area contributed by atoms with Crippen molar-refractivity contribution in [3.8, 4) is 5.75 Å². The number of carboxylic acids is 1. The van der Waals surface area contributed by atoms with E-state index in [1.807, 2.05) is 13.8 Å². The van der Waals surface area contributed by atoms with Crippen molar-refractivity contribution in [3.63, 3.8) is 0 Å². The molecule has 0 fully saturated rings. The standard InChI is InChI=1S/C18H20FN5O3/c1-10(8-20)27-15-4-3-12(19)7-13(15)11(2)22-16-5-6-24-17(23-16)14(9-21-24)18(25)26/h3-7,9-11H,8,20H2,1-2H3,(H,22,23)(H,25,26)/t10-,11+/m0/s1. The third-order valence-corrected chi connectivity index (χ3v) is 4.06. The van der Waals surface area contributed by atoms with Crippen LogP contribution in [0.15, 0.2) is 36.7 Å². The van der Waals surface area contributed by atoms with Crippen LogP contribution >= 0.6 is 0 Å². The van der Waals surface area contributed by atoms with Crippen molar-refractivity contribution in [3.05, 3.63) is 53.6 Å². The molecule has 0 aliphatic heterocycles. The van der Waals surface area contributed by atoms with E-state index in [4.69, 9.17) is 10.5 Å². The molecule has 0 radical (unpaired) electrons. The van der Waals surface area contributed by atoms with Gasteiger partial charge in [-0.15, -0.1) is 0 Å². The fraction of sp³-hybridized carbons (Fsp3) is 0.278.